The van der Waals surface area contributed by atoms with Crippen LogP contribution in [0.15, 0.2) is 24.3 Å². The van der Waals surface area contributed by atoms with Gasteiger partial charge in [-0.3, -0.25) is 4.79 Å². The van der Waals surface area contributed by atoms with Crippen molar-refractivity contribution in [2.45, 2.75) is 45.1 Å². The van der Waals surface area contributed by atoms with E-state index in [9.17, 15) is 4.79 Å². The van der Waals surface area contributed by atoms with Gasteiger partial charge in [0.2, 0.25) is 0 Å². The standard InChI is InChI=1S/C16H24N2O/c1-12-4-2-7-15(10-12)18-16(19)14-6-3-5-13(11-14)8-9-17/h3,5-6,11-12,15H,2,4,7-10,17H2,1H3,(H,18,19). The van der Waals surface area contributed by atoms with Gasteiger partial charge in [0.25, 0.3) is 5.91 Å². The molecule has 3 N–H and O–H groups in total. The number of nitrogens with two attached hydrogens (primary N) is 1. The summed E-state index contributed by atoms with van der Waals surface area (Å²) in [7, 11) is 0. The minimum absolute atomic E-state index is 0.0537. The number of nitrogens with one attached hydrogen (secondary N) is 1. The molecular weight excluding hydrogens is 236 g/mol. The summed E-state index contributed by atoms with van der Waals surface area (Å²) in [5.41, 5.74) is 7.44. The number of hydrogen-bond donors (Lipinski definition) is 2. The van der Waals surface area contributed by atoms with Gasteiger partial charge < -0.3 is 11.1 Å². The van der Waals surface area contributed by atoms with Gasteiger partial charge in [-0.05, 0) is 49.4 Å². The number of rotatable bonds is 4. The molecule has 1 aliphatic rings. The molecule has 0 radical (unpaired) electrons. The predicted molar refractivity (Wildman–Crippen MR) is 78.1 cm³/mol. The fraction of sp³-hybridized carbons (Fsp3) is 0.562. The summed E-state index contributed by atoms with van der Waals surface area (Å²) in [5, 5.41) is 3.16. The van der Waals surface area contributed by atoms with Gasteiger partial charge in [0.1, 0.15) is 0 Å². The maximum atomic E-state index is 12.2. The molecule has 2 rings (SSSR count). The Morgan fingerprint density at radius 1 is 1.42 bits per heavy atom. The molecule has 2 unspecified atom stereocenters. The molecule has 3 heteroatoms. The maximum Gasteiger partial charge on any atom is 0.251 e. The van der Waals surface area contributed by atoms with E-state index < -0.39 is 0 Å². The molecule has 0 heterocycles. The average molecular weight is 260 g/mol. The van der Waals surface area contributed by atoms with Gasteiger partial charge in [-0.15, -0.1) is 0 Å². The zero-order valence-electron chi connectivity index (χ0n) is 11.7. The van der Waals surface area contributed by atoms with Crippen LogP contribution in [-0.2, 0) is 6.42 Å². The SMILES string of the molecule is CC1CCCC(NC(=O)c2cccc(CCN)c2)C1. The van der Waals surface area contributed by atoms with Crippen molar-refractivity contribution in [2.75, 3.05) is 6.54 Å². The van der Waals surface area contributed by atoms with Crippen molar-refractivity contribution in [1.82, 2.24) is 5.32 Å². The Hall–Kier alpha value is -1.35. The van der Waals surface area contributed by atoms with E-state index in [1.807, 2.05) is 24.3 Å². The largest absolute Gasteiger partial charge is 0.349 e. The van der Waals surface area contributed by atoms with Crippen LogP contribution in [0.25, 0.3) is 0 Å². The summed E-state index contributed by atoms with van der Waals surface area (Å²) in [6.45, 7) is 2.88. The van der Waals surface area contributed by atoms with Gasteiger partial charge in [0.15, 0.2) is 0 Å². The average Bonchev–Trinajstić information content (AvgIpc) is 2.39. The summed E-state index contributed by atoms with van der Waals surface area (Å²) < 4.78 is 0. The lowest BCUT2D eigenvalue weighted by atomic mass is 9.87. The summed E-state index contributed by atoms with van der Waals surface area (Å²) in [6, 6.07) is 8.13. The molecule has 2 atom stereocenters. The van der Waals surface area contributed by atoms with Crippen molar-refractivity contribution in [2.24, 2.45) is 11.7 Å². The highest BCUT2D eigenvalue weighted by Crippen LogP contribution is 2.23. The van der Waals surface area contributed by atoms with E-state index in [4.69, 9.17) is 5.73 Å². The highest BCUT2D eigenvalue weighted by Gasteiger charge is 2.20. The first-order valence-electron chi connectivity index (χ1n) is 7.29. The maximum absolute atomic E-state index is 12.2. The van der Waals surface area contributed by atoms with Crippen molar-refractivity contribution in [3.8, 4) is 0 Å². The Morgan fingerprint density at radius 3 is 3.00 bits per heavy atom. The van der Waals surface area contributed by atoms with Gasteiger partial charge in [-0.25, -0.2) is 0 Å². The first kappa shape index (κ1) is 14.1. The molecule has 0 saturated heterocycles. The smallest absolute Gasteiger partial charge is 0.251 e. The van der Waals surface area contributed by atoms with Crippen molar-refractivity contribution in [3.05, 3.63) is 35.4 Å². The highest BCUT2D eigenvalue weighted by molar-refractivity contribution is 5.94. The second-order valence-corrected chi connectivity index (χ2v) is 5.68. The number of carbonyl (C=O) groups is 1. The number of carbonyl (C=O) groups excluding carboxylic acids is 1. The lowest BCUT2D eigenvalue weighted by Crippen LogP contribution is -2.38. The molecule has 1 aliphatic carbocycles. The van der Waals surface area contributed by atoms with Crippen LogP contribution in [0.4, 0.5) is 0 Å². The van der Waals surface area contributed by atoms with Crippen LogP contribution in [0.1, 0.15) is 48.5 Å². The fourth-order valence-electron chi connectivity index (χ4n) is 2.87. The van der Waals surface area contributed by atoms with Gasteiger partial charge in [0, 0.05) is 11.6 Å². The third-order valence-corrected chi connectivity index (χ3v) is 3.89. The van der Waals surface area contributed by atoms with Crippen molar-refractivity contribution in [3.63, 3.8) is 0 Å². The number of amides is 1. The molecule has 0 bridgehead atoms. The molecule has 1 aromatic carbocycles. The fourth-order valence-corrected chi connectivity index (χ4v) is 2.87. The third kappa shape index (κ3) is 4.06. The van der Waals surface area contributed by atoms with E-state index in [1.54, 1.807) is 0 Å². The van der Waals surface area contributed by atoms with E-state index >= 15 is 0 Å². The molecule has 3 nitrogen and oxygen atoms in total. The highest BCUT2D eigenvalue weighted by atomic mass is 16.1. The van der Waals surface area contributed by atoms with Crippen LogP contribution >= 0.6 is 0 Å². The lowest BCUT2D eigenvalue weighted by Gasteiger charge is -2.27. The Balaban J connectivity index is 1.97. The van der Waals surface area contributed by atoms with Crippen LogP contribution in [0.3, 0.4) is 0 Å². The van der Waals surface area contributed by atoms with E-state index in [0.29, 0.717) is 12.6 Å². The normalized spacial score (nSPS) is 23.1. The first-order valence-corrected chi connectivity index (χ1v) is 7.29. The van der Waals surface area contributed by atoms with Crippen LogP contribution < -0.4 is 11.1 Å². The second-order valence-electron chi connectivity index (χ2n) is 5.68. The Kier molecular flexibility index (Phi) is 4.97. The van der Waals surface area contributed by atoms with Crippen molar-refractivity contribution >= 4 is 5.91 Å². The lowest BCUT2D eigenvalue weighted by molar-refractivity contribution is 0.0921. The van der Waals surface area contributed by atoms with E-state index in [2.05, 4.69) is 12.2 Å². The second kappa shape index (κ2) is 6.71. The summed E-state index contributed by atoms with van der Waals surface area (Å²) in [4.78, 5) is 12.2. The van der Waals surface area contributed by atoms with Gasteiger partial charge >= 0.3 is 0 Å². The topological polar surface area (TPSA) is 55.1 Å². The minimum Gasteiger partial charge on any atom is -0.349 e. The Bertz CT molecular complexity index is 431. The van der Waals surface area contributed by atoms with E-state index in [1.165, 1.54) is 12.8 Å². The summed E-state index contributed by atoms with van der Waals surface area (Å²) in [5.74, 6) is 0.778. The molecule has 0 aromatic heterocycles. The molecule has 1 saturated carbocycles. The quantitative estimate of drug-likeness (QED) is 0.874. The van der Waals surface area contributed by atoms with Gasteiger partial charge in [-0.1, -0.05) is 31.9 Å². The van der Waals surface area contributed by atoms with Crippen LogP contribution in [0.5, 0.6) is 0 Å². The first-order chi connectivity index (χ1) is 9.19. The van der Waals surface area contributed by atoms with Gasteiger partial charge in [-0.2, -0.15) is 0 Å². The van der Waals surface area contributed by atoms with E-state index in [0.717, 1.165) is 36.3 Å². The molecule has 104 valence electrons. The number of benzene rings is 1. The molecule has 0 aliphatic heterocycles. The minimum atomic E-state index is 0.0537. The van der Waals surface area contributed by atoms with E-state index in [-0.39, 0.29) is 5.91 Å². The molecule has 1 aromatic rings. The summed E-state index contributed by atoms with van der Waals surface area (Å²) in [6.07, 6.45) is 5.55. The van der Waals surface area contributed by atoms with Crippen LogP contribution in [-0.4, -0.2) is 18.5 Å². The molecule has 1 fully saturated rings. The Labute approximate surface area is 115 Å². The van der Waals surface area contributed by atoms with Crippen molar-refractivity contribution < 1.29 is 4.79 Å². The molecule has 19 heavy (non-hydrogen) atoms. The molecular formula is C16H24N2O. The van der Waals surface area contributed by atoms with Crippen LogP contribution in [0, 0.1) is 5.92 Å². The number of hydrogen-bond acceptors (Lipinski definition) is 2. The molecule has 1 amide bonds. The Morgan fingerprint density at radius 2 is 2.26 bits per heavy atom. The predicted octanol–water partition coefficient (Wildman–Crippen LogP) is 2.50. The van der Waals surface area contributed by atoms with Crippen molar-refractivity contribution in [1.29, 1.82) is 0 Å². The van der Waals surface area contributed by atoms with Crippen LogP contribution in [0.2, 0.25) is 0 Å². The third-order valence-electron chi connectivity index (χ3n) is 3.89. The zero-order chi connectivity index (χ0) is 13.7. The monoisotopic (exact) mass is 260 g/mol. The molecule has 0 spiro atoms. The zero-order valence-corrected chi connectivity index (χ0v) is 11.7. The summed E-state index contributed by atoms with van der Waals surface area (Å²) >= 11 is 0. The van der Waals surface area contributed by atoms with Gasteiger partial charge in [0.05, 0.1) is 0 Å².